The summed E-state index contributed by atoms with van der Waals surface area (Å²) in [6.07, 6.45) is 1.04. The highest BCUT2D eigenvalue weighted by molar-refractivity contribution is 5.30. The van der Waals surface area contributed by atoms with Gasteiger partial charge in [0.25, 0.3) is 0 Å². The first-order valence-corrected chi connectivity index (χ1v) is 7.18. The Kier molecular flexibility index (Phi) is 7.06. The zero-order valence-corrected chi connectivity index (χ0v) is 12.7. The van der Waals surface area contributed by atoms with Crippen molar-refractivity contribution in [1.82, 2.24) is 4.90 Å². The number of benzene rings is 1. The summed E-state index contributed by atoms with van der Waals surface area (Å²) in [5, 5.41) is 0. The van der Waals surface area contributed by atoms with Crippen LogP contribution < -0.4 is 5.73 Å². The number of ether oxygens (including phenoxy) is 1. The Morgan fingerprint density at radius 2 is 1.95 bits per heavy atom. The lowest BCUT2D eigenvalue weighted by Crippen LogP contribution is -2.41. The number of rotatable bonds is 8. The van der Waals surface area contributed by atoms with Crippen molar-refractivity contribution in [3.8, 4) is 0 Å². The Bertz CT molecular complexity index is 366. The summed E-state index contributed by atoms with van der Waals surface area (Å²) in [5.41, 5.74) is 8.80. The van der Waals surface area contributed by atoms with Crippen LogP contribution in [-0.2, 0) is 11.2 Å². The molecule has 0 aromatic heterocycles. The van der Waals surface area contributed by atoms with Crippen molar-refractivity contribution < 1.29 is 4.74 Å². The van der Waals surface area contributed by atoms with Crippen molar-refractivity contribution in [2.75, 3.05) is 26.8 Å². The Morgan fingerprint density at radius 3 is 2.47 bits per heavy atom. The minimum absolute atomic E-state index is 0.270. The first kappa shape index (κ1) is 16.2. The molecule has 0 aliphatic carbocycles. The van der Waals surface area contributed by atoms with Crippen LogP contribution in [0.3, 0.4) is 0 Å². The van der Waals surface area contributed by atoms with E-state index in [-0.39, 0.29) is 6.04 Å². The smallest absolute Gasteiger partial charge is 0.0590 e. The molecule has 0 spiro atoms. The lowest BCUT2D eigenvalue weighted by Gasteiger charge is -2.35. The molecule has 3 nitrogen and oxygen atoms in total. The highest BCUT2D eigenvalue weighted by atomic mass is 16.5. The number of methoxy groups -OCH3 is 1. The fourth-order valence-electron chi connectivity index (χ4n) is 2.59. The van der Waals surface area contributed by atoms with Crippen LogP contribution in [0.4, 0.5) is 0 Å². The molecule has 108 valence electrons. The lowest BCUT2D eigenvalue weighted by atomic mass is 9.96. The second-order valence-electron chi connectivity index (χ2n) is 5.13. The Morgan fingerprint density at radius 1 is 1.26 bits per heavy atom. The molecule has 1 rings (SSSR count). The average Bonchev–Trinajstić information content (AvgIpc) is 2.43. The van der Waals surface area contributed by atoms with Gasteiger partial charge in [-0.25, -0.2) is 0 Å². The minimum atomic E-state index is 0.270. The van der Waals surface area contributed by atoms with E-state index in [1.807, 2.05) is 0 Å². The van der Waals surface area contributed by atoms with E-state index in [1.54, 1.807) is 7.11 Å². The van der Waals surface area contributed by atoms with E-state index >= 15 is 0 Å². The Labute approximate surface area is 117 Å². The second kappa shape index (κ2) is 8.31. The normalized spacial score (nSPS) is 13.2. The highest BCUT2D eigenvalue weighted by Crippen LogP contribution is 2.25. The summed E-state index contributed by atoms with van der Waals surface area (Å²) < 4.78 is 5.23. The number of nitrogens with zero attached hydrogens (tertiary/aromatic N) is 1. The molecule has 0 saturated carbocycles. The van der Waals surface area contributed by atoms with Crippen LogP contribution in [-0.4, -0.2) is 37.7 Å². The molecule has 3 heteroatoms. The molecule has 0 fully saturated rings. The molecule has 0 aliphatic rings. The van der Waals surface area contributed by atoms with Gasteiger partial charge in [-0.1, -0.05) is 31.2 Å². The highest BCUT2D eigenvalue weighted by Gasteiger charge is 2.22. The van der Waals surface area contributed by atoms with Gasteiger partial charge >= 0.3 is 0 Å². The summed E-state index contributed by atoms with van der Waals surface area (Å²) in [6, 6.07) is 9.34. The van der Waals surface area contributed by atoms with E-state index in [0.717, 1.165) is 19.6 Å². The molecular formula is C16H28N2O. The van der Waals surface area contributed by atoms with Gasteiger partial charge in [0, 0.05) is 32.3 Å². The van der Waals surface area contributed by atoms with Crippen molar-refractivity contribution in [1.29, 1.82) is 0 Å². The molecule has 0 bridgehead atoms. The third-order valence-corrected chi connectivity index (χ3v) is 3.64. The summed E-state index contributed by atoms with van der Waals surface area (Å²) in [4.78, 5) is 2.43. The average molecular weight is 264 g/mol. The number of aryl methyl sites for hydroxylation is 1. The molecular weight excluding hydrogens is 236 g/mol. The van der Waals surface area contributed by atoms with E-state index in [0.29, 0.717) is 12.6 Å². The Hall–Kier alpha value is -0.900. The van der Waals surface area contributed by atoms with Gasteiger partial charge in [-0.05, 0) is 31.4 Å². The van der Waals surface area contributed by atoms with Crippen molar-refractivity contribution in [3.05, 3.63) is 35.4 Å². The maximum atomic E-state index is 6.06. The number of hydrogen-bond acceptors (Lipinski definition) is 3. The monoisotopic (exact) mass is 264 g/mol. The molecule has 0 amide bonds. The van der Waals surface area contributed by atoms with E-state index in [1.165, 1.54) is 11.1 Å². The molecule has 1 atom stereocenters. The van der Waals surface area contributed by atoms with Crippen molar-refractivity contribution in [2.24, 2.45) is 5.73 Å². The summed E-state index contributed by atoms with van der Waals surface area (Å²) in [6.45, 7) is 8.91. The first-order chi connectivity index (χ1) is 9.15. The van der Waals surface area contributed by atoms with Gasteiger partial charge in [0.15, 0.2) is 0 Å². The van der Waals surface area contributed by atoms with E-state index < -0.39 is 0 Å². The van der Waals surface area contributed by atoms with Crippen molar-refractivity contribution >= 4 is 0 Å². The van der Waals surface area contributed by atoms with Crippen LogP contribution >= 0.6 is 0 Å². The standard InChI is InChI=1S/C16H28N2O/c1-5-14-8-6-7-9-15(14)16(12-17)18(13(2)3)10-11-19-4/h6-9,13,16H,5,10-12,17H2,1-4H3. The second-order valence-corrected chi connectivity index (χ2v) is 5.13. The van der Waals surface area contributed by atoms with Crippen LogP contribution in [0.5, 0.6) is 0 Å². The van der Waals surface area contributed by atoms with E-state index in [4.69, 9.17) is 10.5 Å². The maximum absolute atomic E-state index is 6.06. The zero-order chi connectivity index (χ0) is 14.3. The number of nitrogens with two attached hydrogens (primary N) is 1. The predicted octanol–water partition coefficient (Wildman–Crippen LogP) is 2.61. The zero-order valence-electron chi connectivity index (χ0n) is 12.7. The minimum Gasteiger partial charge on any atom is -0.383 e. The SMILES string of the molecule is CCc1ccccc1C(CN)N(CCOC)C(C)C. The van der Waals surface area contributed by atoms with Crippen LogP contribution in [0.2, 0.25) is 0 Å². The van der Waals surface area contributed by atoms with Gasteiger partial charge < -0.3 is 10.5 Å². The lowest BCUT2D eigenvalue weighted by molar-refractivity contribution is 0.0976. The quantitative estimate of drug-likeness (QED) is 0.784. The molecule has 0 saturated heterocycles. The topological polar surface area (TPSA) is 38.5 Å². The molecule has 0 aliphatic heterocycles. The Balaban J connectivity index is 3.01. The third kappa shape index (κ3) is 4.30. The van der Waals surface area contributed by atoms with Crippen LogP contribution in [0.25, 0.3) is 0 Å². The van der Waals surface area contributed by atoms with Gasteiger partial charge in [0.2, 0.25) is 0 Å². The fourth-order valence-corrected chi connectivity index (χ4v) is 2.59. The van der Waals surface area contributed by atoms with Crippen LogP contribution in [0, 0.1) is 0 Å². The van der Waals surface area contributed by atoms with E-state index in [9.17, 15) is 0 Å². The summed E-state index contributed by atoms with van der Waals surface area (Å²) in [5.74, 6) is 0. The summed E-state index contributed by atoms with van der Waals surface area (Å²) >= 11 is 0. The molecule has 2 N–H and O–H groups in total. The fraction of sp³-hybridized carbons (Fsp3) is 0.625. The van der Waals surface area contributed by atoms with Crippen molar-refractivity contribution in [3.63, 3.8) is 0 Å². The van der Waals surface area contributed by atoms with Gasteiger partial charge in [-0.3, -0.25) is 4.90 Å². The first-order valence-electron chi connectivity index (χ1n) is 7.18. The molecule has 0 radical (unpaired) electrons. The largest absolute Gasteiger partial charge is 0.383 e. The van der Waals surface area contributed by atoms with Gasteiger partial charge in [-0.2, -0.15) is 0 Å². The molecule has 0 heterocycles. The molecule has 1 aromatic carbocycles. The third-order valence-electron chi connectivity index (χ3n) is 3.64. The van der Waals surface area contributed by atoms with Gasteiger partial charge in [0.05, 0.1) is 6.61 Å². The summed E-state index contributed by atoms with van der Waals surface area (Å²) in [7, 11) is 1.75. The predicted molar refractivity (Wildman–Crippen MR) is 81.3 cm³/mol. The van der Waals surface area contributed by atoms with Crippen LogP contribution in [0.1, 0.15) is 37.9 Å². The maximum Gasteiger partial charge on any atom is 0.0590 e. The van der Waals surface area contributed by atoms with Crippen LogP contribution in [0.15, 0.2) is 24.3 Å². The molecule has 19 heavy (non-hydrogen) atoms. The molecule has 1 aromatic rings. The van der Waals surface area contributed by atoms with E-state index in [2.05, 4.69) is 49.9 Å². The van der Waals surface area contributed by atoms with Gasteiger partial charge in [0.1, 0.15) is 0 Å². The van der Waals surface area contributed by atoms with Crippen molar-refractivity contribution in [2.45, 2.75) is 39.3 Å². The van der Waals surface area contributed by atoms with Gasteiger partial charge in [-0.15, -0.1) is 0 Å². The molecule has 1 unspecified atom stereocenters. The number of hydrogen-bond donors (Lipinski definition) is 1.